The van der Waals surface area contributed by atoms with E-state index in [2.05, 4.69) is 0 Å². The highest BCUT2D eigenvalue weighted by Crippen LogP contribution is 2.11. The van der Waals surface area contributed by atoms with Crippen LogP contribution in [0.15, 0.2) is 0 Å². The lowest BCUT2D eigenvalue weighted by atomic mass is 10.3. The topological polar surface area (TPSA) is 55.8 Å². The lowest BCUT2D eigenvalue weighted by molar-refractivity contribution is -0.233. The third-order valence-corrected chi connectivity index (χ3v) is 1.23. The highest BCUT2D eigenvalue weighted by molar-refractivity contribution is 5.75. The SMILES string of the molecule is CCOC(C)(OCC)C(=O)O. The summed E-state index contributed by atoms with van der Waals surface area (Å²) in [6.07, 6.45) is 0. The van der Waals surface area contributed by atoms with Crippen molar-refractivity contribution in [1.82, 2.24) is 0 Å². The Morgan fingerprint density at radius 3 is 1.91 bits per heavy atom. The predicted molar refractivity (Wildman–Crippen MR) is 39.3 cm³/mol. The minimum absolute atomic E-state index is 0.322. The normalized spacial score (nSPS) is 11.5. The first kappa shape index (κ1) is 10.4. The molecule has 0 aromatic carbocycles. The molecule has 4 nitrogen and oxygen atoms in total. The van der Waals surface area contributed by atoms with Gasteiger partial charge < -0.3 is 14.6 Å². The van der Waals surface area contributed by atoms with Crippen LogP contribution in [-0.4, -0.2) is 30.1 Å². The molecule has 0 spiro atoms. The van der Waals surface area contributed by atoms with Crippen molar-refractivity contribution in [3.05, 3.63) is 0 Å². The van der Waals surface area contributed by atoms with Crippen LogP contribution >= 0.6 is 0 Å². The fourth-order valence-electron chi connectivity index (χ4n) is 0.716. The number of carbonyl (C=O) groups is 1. The molecule has 11 heavy (non-hydrogen) atoms. The molecule has 0 saturated heterocycles. The quantitative estimate of drug-likeness (QED) is 0.609. The molecule has 0 heterocycles. The molecule has 0 saturated carbocycles. The number of aliphatic carboxylic acids is 1. The average Bonchev–Trinajstić information content (AvgIpc) is 1.88. The van der Waals surface area contributed by atoms with Gasteiger partial charge in [-0.1, -0.05) is 0 Å². The number of rotatable bonds is 5. The molecule has 0 fully saturated rings. The summed E-state index contributed by atoms with van der Waals surface area (Å²) in [6.45, 7) is 5.48. The Bertz CT molecular complexity index is 126. The summed E-state index contributed by atoms with van der Waals surface area (Å²) in [5.41, 5.74) is 0. The Labute approximate surface area is 66.1 Å². The minimum atomic E-state index is -1.48. The first-order valence-electron chi connectivity index (χ1n) is 3.58. The minimum Gasteiger partial charge on any atom is -0.477 e. The molecule has 0 amide bonds. The largest absolute Gasteiger partial charge is 0.477 e. The van der Waals surface area contributed by atoms with Crippen molar-refractivity contribution in [3.63, 3.8) is 0 Å². The van der Waals surface area contributed by atoms with Gasteiger partial charge in [-0.2, -0.15) is 0 Å². The first-order valence-corrected chi connectivity index (χ1v) is 3.58. The second-order valence-electron chi connectivity index (χ2n) is 2.12. The van der Waals surface area contributed by atoms with Gasteiger partial charge in [0.05, 0.1) is 0 Å². The van der Waals surface area contributed by atoms with Gasteiger partial charge in [-0.05, 0) is 13.8 Å². The Kier molecular flexibility index (Phi) is 4.07. The fraction of sp³-hybridized carbons (Fsp3) is 0.857. The lowest BCUT2D eigenvalue weighted by Crippen LogP contribution is -2.41. The second-order valence-corrected chi connectivity index (χ2v) is 2.12. The molecule has 0 aliphatic rings. The summed E-state index contributed by atoms with van der Waals surface area (Å²) in [4.78, 5) is 10.6. The van der Waals surface area contributed by atoms with E-state index < -0.39 is 11.8 Å². The Morgan fingerprint density at radius 2 is 1.73 bits per heavy atom. The molecule has 1 N–H and O–H groups in total. The van der Waals surface area contributed by atoms with Crippen molar-refractivity contribution in [2.24, 2.45) is 0 Å². The van der Waals surface area contributed by atoms with Crippen LogP contribution in [0.2, 0.25) is 0 Å². The van der Waals surface area contributed by atoms with Crippen LogP contribution in [0.5, 0.6) is 0 Å². The zero-order valence-electron chi connectivity index (χ0n) is 7.09. The van der Waals surface area contributed by atoms with Crippen molar-refractivity contribution in [3.8, 4) is 0 Å². The smallest absolute Gasteiger partial charge is 0.364 e. The molecule has 0 unspecified atom stereocenters. The van der Waals surface area contributed by atoms with Crippen LogP contribution in [0.1, 0.15) is 20.8 Å². The van der Waals surface area contributed by atoms with Crippen LogP contribution in [0.3, 0.4) is 0 Å². The number of carboxylic acid groups (broad SMARTS) is 1. The second kappa shape index (κ2) is 4.31. The molecular formula is C7H14O4. The molecular weight excluding hydrogens is 148 g/mol. The Balaban J connectivity index is 4.13. The summed E-state index contributed by atoms with van der Waals surface area (Å²) in [5.74, 6) is -2.58. The summed E-state index contributed by atoms with van der Waals surface area (Å²) < 4.78 is 9.82. The fourth-order valence-corrected chi connectivity index (χ4v) is 0.716. The molecule has 66 valence electrons. The summed E-state index contributed by atoms with van der Waals surface area (Å²) in [7, 11) is 0. The molecule has 0 bridgehead atoms. The zero-order valence-corrected chi connectivity index (χ0v) is 7.09. The zero-order chi connectivity index (χ0) is 8.91. The maximum atomic E-state index is 10.6. The highest BCUT2D eigenvalue weighted by atomic mass is 16.7. The van der Waals surface area contributed by atoms with Crippen molar-refractivity contribution in [1.29, 1.82) is 0 Å². The van der Waals surface area contributed by atoms with Crippen molar-refractivity contribution < 1.29 is 19.4 Å². The van der Waals surface area contributed by atoms with E-state index in [4.69, 9.17) is 14.6 Å². The van der Waals surface area contributed by atoms with Gasteiger partial charge in [0.25, 0.3) is 5.79 Å². The van der Waals surface area contributed by atoms with Crippen LogP contribution in [0.4, 0.5) is 0 Å². The Hall–Kier alpha value is -0.610. The van der Waals surface area contributed by atoms with Gasteiger partial charge in [0, 0.05) is 20.1 Å². The molecule has 0 aromatic rings. The first-order chi connectivity index (χ1) is 5.06. The van der Waals surface area contributed by atoms with E-state index in [-0.39, 0.29) is 0 Å². The van der Waals surface area contributed by atoms with E-state index in [0.717, 1.165) is 0 Å². The monoisotopic (exact) mass is 162 g/mol. The number of ether oxygens (including phenoxy) is 2. The van der Waals surface area contributed by atoms with E-state index in [1.807, 2.05) is 0 Å². The molecule has 0 rings (SSSR count). The van der Waals surface area contributed by atoms with Gasteiger partial charge in [-0.15, -0.1) is 0 Å². The van der Waals surface area contributed by atoms with E-state index >= 15 is 0 Å². The van der Waals surface area contributed by atoms with E-state index in [1.165, 1.54) is 6.92 Å². The summed E-state index contributed by atoms with van der Waals surface area (Å²) >= 11 is 0. The summed E-state index contributed by atoms with van der Waals surface area (Å²) in [6, 6.07) is 0. The van der Waals surface area contributed by atoms with Gasteiger partial charge >= 0.3 is 5.97 Å². The molecule has 0 radical (unpaired) electrons. The van der Waals surface area contributed by atoms with E-state index in [0.29, 0.717) is 13.2 Å². The van der Waals surface area contributed by atoms with Gasteiger partial charge in [0.15, 0.2) is 0 Å². The summed E-state index contributed by atoms with van der Waals surface area (Å²) in [5, 5.41) is 8.64. The molecule has 0 atom stereocenters. The van der Waals surface area contributed by atoms with Crippen LogP contribution in [0, 0.1) is 0 Å². The highest BCUT2D eigenvalue weighted by Gasteiger charge is 2.34. The number of carboxylic acids is 1. The van der Waals surface area contributed by atoms with Crippen molar-refractivity contribution in [2.45, 2.75) is 26.6 Å². The molecule has 0 aliphatic carbocycles. The van der Waals surface area contributed by atoms with Crippen LogP contribution < -0.4 is 0 Å². The average molecular weight is 162 g/mol. The van der Waals surface area contributed by atoms with Crippen molar-refractivity contribution in [2.75, 3.05) is 13.2 Å². The standard InChI is InChI=1S/C7H14O4/c1-4-10-7(3,6(8)9)11-5-2/h4-5H2,1-3H3,(H,8,9). The van der Waals surface area contributed by atoms with E-state index in [1.54, 1.807) is 13.8 Å². The van der Waals surface area contributed by atoms with Gasteiger partial charge in [-0.3, -0.25) is 0 Å². The third-order valence-electron chi connectivity index (χ3n) is 1.23. The van der Waals surface area contributed by atoms with Gasteiger partial charge in [0.1, 0.15) is 0 Å². The Morgan fingerprint density at radius 1 is 1.36 bits per heavy atom. The lowest BCUT2D eigenvalue weighted by Gasteiger charge is -2.23. The van der Waals surface area contributed by atoms with Gasteiger partial charge in [0.2, 0.25) is 0 Å². The van der Waals surface area contributed by atoms with E-state index in [9.17, 15) is 4.79 Å². The maximum absolute atomic E-state index is 10.6. The van der Waals surface area contributed by atoms with Crippen LogP contribution in [-0.2, 0) is 14.3 Å². The number of hydrogen-bond donors (Lipinski definition) is 1. The third kappa shape index (κ3) is 2.86. The molecule has 0 aromatic heterocycles. The molecule has 0 aliphatic heterocycles. The predicted octanol–water partition coefficient (Wildman–Crippen LogP) is 0.860. The number of hydrogen-bond acceptors (Lipinski definition) is 3. The maximum Gasteiger partial charge on any atom is 0.364 e. The van der Waals surface area contributed by atoms with Gasteiger partial charge in [-0.25, -0.2) is 4.79 Å². The van der Waals surface area contributed by atoms with Crippen molar-refractivity contribution >= 4 is 5.97 Å². The van der Waals surface area contributed by atoms with Crippen LogP contribution in [0.25, 0.3) is 0 Å². The molecule has 4 heteroatoms.